The van der Waals surface area contributed by atoms with Crippen LogP contribution >= 0.6 is 12.4 Å². The lowest BCUT2D eigenvalue weighted by Crippen LogP contribution is -2.49. The highest BCUT2D eigenvalue weighted by Gasteiger charge is 2.36. The first-order valence-electron chi connectivity index (χ1n) is 7.60. The number of benzene rings is 2. The second-order valence-electron chi connectivity index (χ2n) is 5.88. The third-order valence-corrected chi connectivity index (χ3v) is 6.12. The highest BCUT2D eigenvalue weighted by atomic mass is 35.5. The van der Waals surface area contributed by atoms with Crippen LogP contribution in [-0.4, -0.2) is 44.3 Å². The molecule has 1 saturated heterocycles. The molecule has 3 rings (SSSR count). The minimum absolute atomic E-state index is 0. The SMILES string of the molecule is CN1CCN(S(=O)(=O)c2ccc(F)c(F)c2)C(c2ccccc2)C1.Cl. The summed E-state index contributed by atoms with van der Waals surface area (Å²) in [5, 5.41) is 0. The van der Waals surface area contributed by atoms with Crippen LogP contribution in [0.15, 0.2) is 53.4 Å². The summed E-state index contributed by atoms with van der Waals surface area (Å²) in [7, 11) is -1.99. The molecule has 1 aliphatic rings. The van der Waals surface area contributed by atoms with E-state index in [1.165, 1.54) is 4.31 Å². The quantitative estimate of drug-likeness (QED) is 0.811. The third-order valence-electron chi connectivity index (χ3n) is 4.22. The zero-order valence-electron chi connectivity index (χ0n) is 13.6. The Labute approximate surface area is 152 Å². The lowest BCUT2D eigenvalue weighted by molar-refractivity contribution is 0.160. The summed E-state index contributed by atoms with van der Waals surface area (Å²) in [6.07, 6.45) is 0. The molecule has 0 saturated carbocycles. The van der Waals surface area contributed by atoms with Crippen molar-refractivity contribution in [2.75, 3.05) is 26.7 Å². The van der Waals surface area contributed by atoms with E-state index in [1.54, 1.807) is 0 Å². The van der Waals surface area contributed by atoms with Gasteiger partial charge in [0.15, 0.2) is 11.6 Å². The Bertz CT molecular complexity index is 834. The van der Waals surface area contributed by atoms with Crippen LogP contribution in [0, 0.1) is 11.6 Å². The molecule has 1 fully saturated rings. The Hall–Kier alpha value is -1.54. The van der Waals surface area contributed by atoms with E-state index < -0.39 is 21.7 Å². The second kappa shape index (κ2) is 7.78. The molecule has 8 heteroatoms. The van der Waals surface area contributed by atoms with Gasteiger partial charge in [0, 0.05) is 19.6 Å². The van der Waals surface area contributed by atoms with Crippen molar-refractivity contribution in [1.82, 2.24) is 9.21 Å². The maximum absolute atomic E-state index is 13.5. The summed E-state index contributed by atoms with van der Waals surface area (Å²) in [6.45, 7) is 1.40. The fourth-order valence-electron chi connectivity index (χ4n) is 2.91. The minimum Gasteiger partial charge on any atom is -0.303 e. The average molecular weight is 389 g/mol. The van der Waals surface area contributed by atoms with Crippen LogP contribution in [0.2, 0.25) is 0 Å². The van der Waals surface area contributed by atoms with E-state index in [0.717, 1.165) is 23.8 Å². The van der Waals surface area contributed by atoms with E-state index in [-0.39, 0.29) is 29.9 Å². The van der Waals surface area contributed by atoms with E-state index in [2.05, 4.69) is 4.90 Å². The summed E-state index contributed by atoms with van der Waals surface area (Å²) in [4.78, 5) is 1.82. The molecule has 1 atom stereocenters. The molecule has 0 amide bonds. The first-order chi connectivity index (χ1) is 11.4. The molecular formula is C17H19ClF2N2O2S. The van der Waals surface area contributed by atoms with E-state index >= 15 is 0 Å². The van der Waals surface area contributed by atoms with Crippen molar-refractivity contribution in [2.24, 2.45) is 0 Å². The molecule has 25 heavy (non-hydrogen) atoms. The Morgan fingerprint density at radius 1 is 1.00 bits per heavy atom. The van der Waals surface area contributed by atoms with Gasteiger partial charge in [-0.1, -0.05) is 30.3 Å². The second-order valence-corrected chi connectivity index (χ2v) is 7.77. The topological polar surface area (TPSA) is 40.6 Å². The number of halogens is 3. The third kappa shape index (κ3) is 4.00. The van der Waals surface area contributed by atoms with Gasteiger partial charge in [-0.2, -0.15) is 4.31 Å². The van der Waals surface area contributed by atoms with Crippen LogP contribution in [0.5, 0.6) is 0 Å². The molecular weight excluding hydrogens is 370 g/mol. The first-order valence-corrected chi connectivity index (χ1v) is 9.04. The highest BCUT2D eigenvalue weighted by molar-refractivity contribution is 7.89. The summed E-state index contributed by atoms with van der Waals surface area (Å²) in [5.41, 5.74) is 0.871. The molecule has 2 aromatic carbocycles. The number of likely N-dealkylation sites (N-methyl/N-ethyl adjacent to an activating group) is 1. The van der Waals surface area contributed by atoms with Crippen LogP contribution in [0.1, 0.15) is 11.6 Å². The maximum Gasteiger partial charge on any atom is 0.243 e. The number of nitrogens with zero attached hydrogens (tertiary/aromatic N) is 2. The zero-order valence-corrected chi connectivity index (χ0v) is 15.2. The molecule has 0 radical (unpaired) electrons. The van der Waals surface area contributed by atoms with Gasteiger partial charge in [-0.15, -0.1) is 12.4 Å². The predicted octanol–water partition coefficient (Wildman–Crippen LogP) is 3.06. The van der Waals surface area contributed by atoms with Crippen LogP contribution in [0.4, 0.5) is 8.78 Å². The first kappa shape index (κ1) is 19.8. The molecule has 1 heterocycles. The van der Waals surface area contributed by atoms with E-state index in [9.17, 15) is 17.2 Å². The standard InChI is InChI=1S/C17H18F2N2O2S.ClH/c1-20-9-10-21(17(12-20)13-5-3-2-4-6-13)24(22,23)14-7-8-15(18)16(19)11-14;/h2-8,11,17H,9-10,12H2,1H3;1H. The van der Waals surface area contributed by atoms with Crippen molar-refractivity contribution in [3.8, 4) is 0 Å². The molecule has 1 unspecified atom stereocenters. The van der Waals surface area contributed by atoms with E-state index in [1.807, 2.05) is 37.4 Å². The molecule has 0 N–H and O–H groups in total. The number of piperazine rings is 1. The number of hydrogen-bond acceptors (Lipinski definition) is 3. The molecule has 0 aromatic heterocycles. The summed E-state index contributed by atoms with van der Waals surface area (Å²) >= 11 is 0. The number of hydrogen-bond donors (Lipinski definition) is 0. The maximum atomic E-state index is 13.5. The molecule has 2 aromatic rings. The van der Waals surface area contributed by atoms with Crippen molar-refractivity contribution in [1.29, 1.82) is 0 Å². The zero-order chi connectivity index (χ0) is 17.3. The van der Waals surface area contributed by atoms with E-state index in [0.29, 0.717) is 13.1 Å². The average Bonchev–Trinajstić information content (AvgIpc) is 2.57. The normalized spacial score (nSPS) is 19.4. The van der Waals surface area contributed by atoms with Gasteiger partial charge in [0.2, 0.25) is 10.0 Å². The molecule has 0 bridgehead atoms. The molecule has 0 aliphatic carbocycles. The lowest BCUT2D eigenvalue weighted by Gasteiger charge is -2.39. The van der Waals surface area contributed by atoms with Gasteiger partial charge in [-0.25, -0.2) is 17.2 Å². The van der Waals surface area contributed by atoms with Gasteiger partial charge in [0.05, 0.1) is 10.9 Å². The summed E-state index contributed by atoms with van der Waals surface area (Å²) in [6, 6.07) is 11.6. The van der Waals surface area contributed by atoms with Gasteiger partial charge >= 0.3 is 0 Å². The van der Waals surface area contributed by atoms with Gasteiger partial charge in [0.1, 0.15) is 0 Å². The fourth-order valence-corrected chi connectivity index (χ4v) is 4.52. The van der Waals surface area contributed by atoms with Gasteiger partial charge < -0.3 is 4.90 Å². The van der Waals surface area contributed by atoms with Crippen LogP contribution in [0.3, 0.4) is 0 Å². The Morgan fingerprint density at radius 3 is 2.32 bits per heavy atom. The monoisotopic (exact) mass is 388 g/mol. The molecule has 4 nitrogen and oxygen atoms in total. The molecule has 1 aliphatic heterocycles. The largest absolute Gasteiger partial charge is 0.303 e. The number of sulfonamides is 1. The van der Waals surface area contributed by atoms with Crippen molar-refractivity contribution in [3.63, 3.8) is 0 Å². The molecule has 136 valence electrons. The van der Waals surface area contributed by atoms with Crippen molar-refractivity contribution in [3.05, 3.63) is 65.7 Å². The summed E-state index contributed by atoms with van der Waals surface area (Å²) < 4.78 is 53.9. The Morgan fingerprint density at radius 2 is 1.68 bits per heavy atom. The van der Waals surface area contributed by atoms with Crippen molar-refractivity contribution in [2.45, 2.75) is 10.9 Å². The van der Waals surface area contributed by atoms with Gasteiger partial charge in [-0.3, -0.25) is 0 Å². The highest BCUT2D eigenvalue weighted by Crippen LogP contribution is 2.31. The van der Waals surface area contributed by atoms with Crippen molar-refractivity contribution < 1.29 is 17.2 Å². The fraction of sp³-hybridized carbons (Fsp3) is 0.294. The Kier molecular flexibility index (Phi) is 6.16. The van der Waals surface area contributed by atoms with Crippen LogP contribution < -0.4 is 0 Å². The van der Waals surface area contributed by atoms with Crippen LogP contribution in [-0.2, 0) is 10.0 Å². The Balaban J connectivity index is 0.00000225. The number of rotatable bonds is 3. The lowest BCUT2D eigenvalue weighted by atomic mass is 10.1. The predicted molar refractivity (Wildman–Crippen MR) is 94.2 cm³/mol. The smallest absolute Gasteiger partial charge is 0.243 e. The summed E-state index contributed by atoms with van der Waals surface area (Å²) in [5.74, 6) is -2.23. The van der Waals surface area contributed by atoms with Crippen LogP contribution in [0.25, 0.3) is 0 Å². The molecule has 0 spiro atoms. The van der Waals surface area contributed by atoms with Gasteiger partial charge in [0.25, 0.3) is 0 Å². The van der Waals surface area contributed by atoms with Crippen molar-refractivity contribution >= 4 is 22.4 Å². The van der Waals surface area contributed by atoms with Gasteiger partial charge in [-0.05, 0) is 30.8 Å². The minimum atomic E-state index is -3.92. The van der Waals surface area contributed by atoms with E-state index in [4.69, 9.17) is 0 Å².